The van der Waals surface area contributed by atoms with Gasteiger partial charge in [0.25, 0.3) is 0 Å². The van der Waals surface area contributed by atoms with Crippen molar-refractivity contribution < 1.29 is 24.5 Å². The molecule has 0 bridgehead atoms. The van der Waals surface area contributed by atoms with Crippen molar-refractivity contribution in [2.75, 3.05) is 0 Å². The molecule has 0 unspecified atom stereocenters. The Labute approximate surface area is 261 Å². The molecule has 0 amide bonds. The molecule has 42 heavy (non-hydrogen) atoms. The van der Waals surface area contributed by atoms with Crippen LogP contribution in [0.4, 0.5) is 0 Å². The van der Waals surface area contributed by atoms with Crippen molar-refractivity contribution in [3.05, 3.63) is 140 Å². The number of nitrogens with zero attached hydrogens (tertiary/aromatic N) is 2. The van der Waals surface area contributed by atoms with Crippen molar-refractivity contribution in [1.29, 1.82) is 0 Å². The van der Waals surface area contributed by atoms with E-state index in [1.165, 1.54) is 16.3 Å². The van der Waals surface area contributed by atoms with Crippen molar-refractivity contribution in [2.24, 2.45) is 0 Å². The molecule has 0 fully saturated rings. The molecular formula is C37H30IrN2OSi-2. The fraction of sp³-hybridized carbons (Fsp3) is 0.0811. The second-order valence-electron chi connectivity index (χ2n) is 10.9. The Bertz CT molecular complexity index is 1880. The standard InChI is InChI=1S/C26H22NOSi.C11H8N.Ir/c1-29(2,3)26-17-27-23(16-21(26)18-9-5-4-6-10-18)19-13-14-25-22(15-19)20-11-7-8-12-24(20)28-25;1-2-6-10(7-3-1)11-8-4-5-9-12-11;/h4-12,14-17H,1-3H3;1-6,8-9H;/q2*-1;. The normalized spacial score (nSPS) is 11.0. The van der Waals surface area contributed by atoms with Crippen LogP contribution in [0.5, 0.6) is 0 Å². The van der Waals surface area contributed by atoms with E-state index in [9.17, 15) is 0 Å². The first kappa shape index (κ1) is 29.3. The Hall–Kier alpha value is -4.15. The molecule has 3 nitrogen and oxygen atoms in total. The zero-order valence-electron chi connectivity index (χ0n) is 23.8. The predicted molar refractivity (Wildman–Crippen MR) is 173 cm³/mol. The van der Waals surface area contributed by atoms with E-state index in [1.807, 2.05) is 66.7 Å². The number of pyridine rings is 2. The van der Waals surface area contributed by atoms with Crippen molar-refractivity contribution in [3.63, 3.8) is 0 Å². The molecule has 0 spiro atoms. The van der Waals surface area contributed by atoms with Crippen LogP contribution in [0.15, 0.2) is 132 Å². The van der Waals surface area contributed by atoms with Crippen molar-refractivity contribution in [2.45, 2.75) is 19.6 Å². The summed E-state index contributed by atoms with van der Waals surface area (Å²) in [5.74, 6) is 0. The SMILES string of the molecule is C[Si](C)(C)c1cnc(-c2[c-]cc3oc4ccccc4c3c2)cc1-c1ccccc1.[Ir].[c-]1ccccc1-c1ccccn1. The average molecular weight is 739 g/mol. The molecule has 209 valence electrons. The summed E-state index contributed by atoms with van der Waals surface area (Å²) in [6.45, 7) is 7.10. The van der Waals surface area contributed by atoms with E-state index >= 15 is 0 Å². The maximum absolute atomic E-state index is 5.95. The summed E-state index contributed by atoms with van der Waals surface area (Å²) in [6, 6.07) is 45.3. The maximum atomic E-state index is 5.95. The summed E-state index contributed by atoms with van der Waals surface area (Å²) in [5.41, 5.74) is 8.22. The van der Waals surface area contributed by atoms with Crippen LogP contribution in [-0.4, -0.2) is 18.0 Å². The molecule has 4 aromatic carbocycles. The first-order valence-corrected chi connectivity index (χ1v) is 17.2. The molecule has 5 heteroatoms. The molecule has 0 saturated carbocycles. The van der Waals surface area contributed by atoms with Crippen LogP contribution >= 0.6 is 0 Å². The van der Waals surface area contributed by atoms with Gasteiger partial charge < -0.3 is 14.4 Å². The molecule has 7 rings (SSSR count). The quantitative estimate of drug-likeness (QED) is 0.134. The fourth-order valence-corrected chi connectivity index (χ4v) is 6.43. The molecule has 3 heterocycles. The van der Waals surface area contributed by atoms with Gasteiger partial charge in [-0.15, -0.1) is 59.7 Å². The van der Waals surface area contributed by atoms with Crippen molar-refractivity contribution in [3.8, 4) is 33.6 Å². The summed E-state index contributed by atoms with van der Waals surface area (Å²) < 4.78 is 5.95. The fourth-order valence-electron chi connectivity index (χ4n) is 4.95. The van der Waals surface area contributed by atoms with Crippen molar-refractivity contribution in [1.82, 2.24) is 9.97 Å². The summed E-state index contributed by atoms with van der Waals surface area (Å²) >= 11 is 0. The van der Waals surface area contributed by atoms with E-state index in [1.54, 1.807) is 6.20 Å². The summed E-state index contributed by atoms with van der Waals surface area (Å²) in [7, 11) is -1.54. The monoisotopic (exact) mass is 739 g/mol. The molecular weight excluding hydrogens is 709 g/mol. The molecule has 0 aliphatic carbocycles. The van der Waals surface area contributed by atoms with Gasteiger partial charge in [0, 0.05) is 37.9 Å². The predicted octanol–water partition coefficient (Wildman–Crippen LogP) is 9.21. The van der Waals surface area contributed by atoms with Crippen molar-refractivity contribution >= 4 is 35.2 Å². The topological polar surface area (TPSA) is 38.9 Å². The van der Waals surface area contributed by atoms with Gasteiger partial charge in [-0.25, -0.2) is 0 Å². The molecule has 1 radical (unpaired) electrons. The van der Waals surface area contributed by atoms with Gasteiger partial charge in [-0.1, -0.05) is 91.8 Å². The molecule has 0 atom stereocenters. The summed E-state index contributed by atoms with van der Waals surface area (Å²) in [4.78, 5) is 9.06. The second kappa shape index (κ2) is 12.8. The number of rotatable bonds is 4. The van der Waals surface area contributed by atoms with E-state index in [0.717, 1.165) is 44.5 Å². The minimum Gasteiger partial charge on any atom is -0.500 e. The number of para-hydroxylation sites is 1. The average Bonchev–Trinajstić information content (AvgIpc) is 3.40. The summed E-state index contributed by atoms with van der Waals surface area (Å²) in [5, 5.41) is 3.61. The first-order valence-electron chi connectivity index (χ1n) is 13.7. The van der Waals surface area contributed by atoms with Gasteiger partial charge in [-0.05, 0) is 39.8 Å². The number of furan rings is 1. The van der Waals surface area contributed by atoms with Crippen LogP contribution in [0.1, 0.15) is 0 Å². The van der Waals surface area contributed by atoms with E-state index < -0.39 is 8.07 Å². The molecule has 0 N–H and O–H groups in total. The van der Waals surface area contributed by atoms with E-state index in [0.29, 0.717) is 0 Å². The smallest absolute Gasteiger partial charge is 0.120 e. The van der Waals surface area contributed by atoms with Gasteiger partial charge in [0.15, 0.2) is 0 Å². The van der Waals surface area contributed by atoms with Crippen LogP contribution < -0.4 is 5.19 Å². The molecule has 7 aromatic rings. The van der Waals surface area contributed by atoms with Crippen LogP contribution in [0.25, 0.3) is 55.6 Å². The zero-order valence-corrected chi connectivity index (χ0v) is 27.2. The molecule has 0 aliphatic rings. The molecule has 0 aliphatic heterocycles. The largest absolute Gasteiger partial charge is 0.500 e. The van der Waals surface area contributed by atoms with Crippen LogP contribution in [-0.2, 0) is 20.1 Å². The number of aromatic nitrogens is 2. The summed E-state index contributed by atoms with van der Waals surface area (Å²) in [6.07, 6.45) is 3.87. The minimum absolute atomic E-state index is 0. The van der Waals surface area contributed by atoms with Crippen LogP contribution in [0, 0.1) is 12.1 Å². The number of hydrogen-bond donors (Lipinski definition) is 0. The second-order valence-corrected chi connectivity index (χ2v) is 16.0. The zero-order chi connectivity index (χ0) is 28.2. The third-order valence-electron chi connectivity index (χ3n) is 7.03. The van der Waals surface area contributed by atoms with Crippen LogP contribution in [0.2, 0.25) is 19.6 Å². The van der Waals surface area contributed by atoms with Gasteiger partial charge in [0.05, 0.1) is 13.7 Å². The van der Waals surface area contributed by atoms with E-state index in [-0.39, 0.29) is 20.1 Å². The Morgan fingerprint density at radius 2 is 1.40 bits per heavy atom. The van der Waals surface area contributed by atoms with Gasteiger partial charge >= 0.3 is 0 Å². The molecule has 3 aromatic heterocycles. The van der Waals surface area contributed by atoms with E-state index in [2.05, 4.69) is 91.5 Å². The first-order chi connectivity index (χ1) is 20.0. The maximum Gasteiger partial charge on any atom is 0.120 e. The third kappa shape index (κ3) is 6.34. The molecule has 0 saturated heterocycles. The third-order valence-corrected chi connectivity index (χ3v) is 9.05. The minimum atomic E-state index is -1.54. The van der Waals surface area contributed by atoms with Gasteiger partial charge in [-0.3, -0.25) is 0 Å². The van der Waals surface area contributed by atoms with Crippen LogP contribution in [0.3, 0.4) is 0 Å². The number of hydrogen-bond acceptors (Lipinski definition) is 3. The Kier molecular flexibility index (Phi) is 8.93. The van der Waals surface area contributed by atoms with Gasteiger partial charge in [-0.2, -0.15) is 0 Å². The Morgan fingerprint density at radius 3 is 2.14 bits per heavy atom. The number of fused-ring (bicyclic) bond motifs is 3. The van der Waals surface area contributed by atoms with Gasteiger partial charge in [0.2, 0.25) is 0 Å². The van der Waals surface area contributed by atoms with E-state index in [4.69, 9.17) is 9.40 Å². The Balaban J connectivity index is 0.000000228. The Morgan fingerprint density at radius 1 is 0.643 bits per heavy atom. The van der Waals surface area contributed by atoms with Gasteiger partial charge in [0.1, 0.15) is 5.58 Å². The number of benzene rings is 4.